The number of aromatic nitrogens is 1. The highest BCUT2D eigenvalue weighted by molar-refractivity contribution is 6.14. The number of rotatable bonds is 7. The van der Waals surface area contributed by atoms with Crippen molar-refractivity contribution in [2.24, 2.45) is 0 Å². The van der Waals surface area contributed by atoms with E-state index in [0.717, 1.165) is 25.5 Å². The predicted octanol–water partition coefficient (Wildman–Crippen LogP) is 2.52. The van der Waals surface area contributed by atoms with Gasteiger partial charge in [0.05, 0.1) is 14.2 Å². The molecule has 0 unspecified atom stereocenters. The maximum atomic E-state index is 12.0. The Morgan fingerprint density at radius 3 is 2.10 bits per heavy atom. The van der Waals surface area contributed by atoms with Crippen LogP contribution in [0.1, 0.15) is 27.2 Å². The molecule has 8 nitrogen and oxygen atoms in total. The van der Waals surface area contributed by atoms with Crippen molar-refractivity contribution >= 4 is 23.7 Å². The highest BCUT2D eigenvalue weighted by Gasteiger charge is 2.27. The van der Waals surface area contributed by atoms with Crippen LogP contribution in [0.5, 0.6) is 0 Å². The largest absolute Gasteiger partial charge is 0.478 e. The summed E-state index contributed by atoms with van der Waals surface area (Å²) in [7, 11) is 3.86. The second-order valence-electron chi connectivity index (χ2n) is 6.42. The minimum Gasteiger partial charge on any atom is -0.478 e. The molecule has 0 spiro atoms. The molecule has 0 radical (unpaired) electrons. The summed E-state index contributed by atoms with van der Waals surface area (Å²) in [4.78, 5) is 37.4. The van der Waals surface area contributed by atoms with Crippen molar-refractivity contribution in [3.8, 4) is 0 Å². The van der Waals surface area contributed by atoms with Crippen molar-refractivity contribution in [3.05, 3.63) is 64.5 Å². The number of carboxylic acid groups (broad SMARTS) is 1. The zero-order valence-corrected chi connectivity index (χ0v) is 17.1. The lowest BCUT2D eigenvalue weighted by Crippen LogP contribution is -2.23. The summed E-state index contributed by atoms with van der Waals surface area (Å²) in [6.45, 7) is 3.97. The summed E-state index contributed by atoms with van der Waals surface area (Å²) in [5.74, 6) is -2.53. The van der Waals surface area contributed by atoms with E-state index in [-0.39, 0.29) is 11.1 Å². The average Bonchev–Trinajstić information content (AvgIpc) is 2.96. The molecule has 2 rings (SSSR count). The van der Waals surface area contributed by atoms with Gasteiger partial charge in [0, 0.05) is 25.5 Å². The smallest absolute Gasteiger partial charge is 0.346 e. The van der Waals surface area contributed by atoms with Gasteiger partial charge in [-0.05, 0) is 25.0 Å². The number of anilines is 1. The number of aromatic carboxylic acids is 1. The van der Waals surface area contributed by atoms with E-state index in [0.29, 0.717) is 17.9 Å². The second-order valence-corrected chi connectivity index (χ2v) is 6.42. The van der Waals surface area contributed by atoms with E-state index in [1.54, 1.807) is 14.0 Å². The molecule has 1 N–H and O–H groups in total. The molecule has 154 valence electrons. The summed E-state index contributed by atoms with van der Waals surface area (Å²) in [6, 6.07) is 9.56. The van der Waals surface area contributed by atoms with Crippen LogP contribution < -0.4 is 4.90 Å². The van der Waals surface area contributed by atoms with Crippen LogP contribution in [-0.2, 0) is 25.6 Å². The first-order chi connectivity index (χ1) is 13.7. The van der Waals surface area contributed by atoms with Crippen molar-refractivity contribution in [2.45, 2.75) is 20.4 Å². The molecule has 2 aromatic rings. The molecule has 0 atom stereocenters. The van der Waals surface area contributed by atoms with Crippen LogP contribution in [-0.4, -0.2) is 48.8 Å². The van der Waals surface area contributed by atoms with Gasteiger partial charge >= 0.3 is 17.9 Å². The number of nitrogens with zero attached hydrogens (tertiary/aromatic N) is 2. The Morgan fingerprint density at radius 2 is 1.62 bits per heavy atom. The van der Waals surface area contributed by atoms with E-state index >= 15 is 0 Å². The number of ether oxygens (including phenoxy) is 2. The minimum atomic E-state index is -1.11. The van der Waals surface area contributed by atoms with Crippen molar-refractivity contribution in [1.29, 1.82) is 0 Å². The number of hydrogen-bond acceptors (Lipinski definition) is 6. The average molecular weight is 400 g/mol. The van der Waals surface area contributed by atoms with Crippen LogP contribution in [0, 0.1) is 13.8 Å². The Balaban J connectivity index is 2.66. The summed E-state index contributed by atoms with van der Waals surface area (Å²) < 4.78 is 11.1. The van der Waals surface area contributed by atoms with E-state index < -0.39 is 17.9 Å². The molecular formula is C21H24N2O6. The fraction of sp³-hybridized carbons (Fsp3) is 0.286. The first kappa shape index (κ1) is 21.7. The molecule has 1 aromatic heterocycles. The van der Waals surface area contributed by atoms with Gasteiger partial charge in [0.2, 0.25) is 0 Å². The third kappa shape index (κ3) is 4.48. The topological polar surface area (TPSA) is 98.1 Å². The number of carboxylic acids is 1. The third-order valence-corrected chi connectivity index (χ3v) is 4.67. The lowest BCUT2D eigenvalue weighted by molar-refractivity contribution is -0.144. The normalized spacial score (nSPS) is 10.2. The molecule has 1 aromatic carbocycles. The van der Waals surface area contributed by atoms with Gasteiger partial charge in [-0.15, -0.1) is 0 Å². The minimum absolute atomic E-state index is 0.0891. The van der Waals surface area contributed by atoms with Gasteiger partial charge < -0.3 is 24.0 Å². The summed E-state index contributed by atoms with van der Waals surface area (Å²) in [5, 5.41) is 9.80. The Kier molecular flexibility index (Phi) is 6.82. The fourth-order valence-electron chi connectivity index (χ4n) is 3.09. The first-order valence-corrected chi connectivity index (χ1v) is 8.81. The quantitative estimate of drug-likeness (QED) is 0.330. The number of carbonyl (C=O) groups excluding carboxylic acids is 2. The molecule has 0 fully saturated rings. The molecule has 1 heterocycles. The van der Waals surface area contributed by atoms with Crippen molar-refractivity contribution in [3.63, 3.8) is 0 Å². The lowest BCUT2D eigenvalue weighted by Gasteiger charge is -2.21. The van der Waals surface area contributed by atoms with E-state index in [2.05, 4.69) is 9.47 Å². The van der Waals surface area contributed by atoms with E-state index in [1.807, 2.05) is 41.8 Å². The van der Waals surface area contributed by atoms with Crippen LogP contribution in [0.25, 0.3) is 0 Å². The van der Waals surface area contributed by atoms with Crippen molar-refractivity contribution in [1.82, 2.24) is 4.57 Å². The second kappa shape index (κ2) is 9.09. The zero-order chi connectivity index (χ0) is 21.7. The molecule has 29 heavy (non-hydrogen) atoms. The Bertz CT molecular complexity index is 941. The highest BCUT2D eigenvalue weighted by atomic mass is 16.5. The Labute approximate surface area is 168 Å². The maximum Gasteiger partial charge on any atom is 0.346 e. The Hall–Kier alpha value is -3.55. The SMILES string of the molecule is COC(=O)C(=CN(C)c1c(C(=O)O)c(C)c(C)n1Cc1ccccc1)C(=O)OC. The van der Waals surface area contributed by atoms with Gasteiger partial charge in [-0.1, -0.05) is 30.3 Å². The van der Waals surface area contributed by atoms with E-state index in [1.165, 1.54) is 11.1 Å². The van der Waals surface area contributed by atoms with Crippen LogP contribution in [0.3, 0.4) is 0 Å². The molecule has 0 aliphatic carbocycles. The van der Waals surface area contributed by atoms with Crippen molar-refractivity contribution < 1.29 is 29.0 Å². The maximum absolute atomic E-state index is 12.0. The standard InChI is InChI=1S/C21H24N2O6/c1-13-14(2)23(11-15-9-7-6-8-10-15)18(17(13)19(24)25)22(3)12-16(20(26)28-4)21(27)29-5/h6-10,12H,11H2,1-5H3,(H,24,25). The molecule has 0 saturated carbocycles. The van der Waals surface area contributed by atoms with Crippen molar-refractivity contribution in [2.75, 3.05) is 26.2 Å². The van der Waals surface area contributed by atoms with Crippen LogP contribution in [0.2, 0.25) is 0 Å². The fourth-order valence-corrected chi connectivity index (χ4v) is 3.09. The van der Waals surface area contributed by atoms with Gasteiger partial charge in [0.25, 0.3) is 0 Å². The number of hydrogen-bond donors (Lipinski definition) is 1. The highest BCUT2D eigenvalue weighted by Crippen LogP contribution is 2.31. The van der Waals surface area contributed by atoms with Crippen LogP contribution in [0.15, 0.2) is 42.1 Å². The number of esters is 2. The lowest BCUT2D eigenvalue weighted by atomic mass is 10.1. The number of carbonyl (C=O) groups is 3. The molecular weight excluding hydrogens is 376 g/mol. The van der Waals surface area contributed by atoms with Crippen LogP contribution in [0.4, 0.5) is 5.82 Å². The van der Waals surface area contributed by atoms with E-state index in [4.69, 9.17) is 0 Å². The van der Waals surface area contributed by atoms with Gasteiger partial charge in [0.15, 0.2) is 5.57 Å². The van der Waals surface area contributed by atoms with Crippen LogP contribution >= 0.6 is 0 Å². The molecule has 0 aliphatic heterocycles. The Morgan fingerprint density at radius 1 is 1.07 bits per heavy atom. The van der Waals surface area contributed by atoms with Gasteiger partial charge in [-0.2, -0.15) is 0 Å². The van der Waals surface area contributed by atoms with Gasteiger partial charge in [0.1, 0.15) is 11.4 Å². The summed E-state index contributed by atoms with van der Waals surface area (Å²) in [5.41, 5.74) is 2.07. The molecule has 0 saturated heterocycles. The van der Waals surface area contributed by atoms with Gasteiger partial charge in [-0.3, -0.25) is 0 Å². The molecule has 0 amide bonds. The zero-order valence-electron chi connectivity index (χ0n) is 17.1. The molecule has 8 heteroatoms. The molecule has 0 bridgehead atoms. The number of methoxy groups -OCH3 is 2. The summed E-state index contributed by atoms with van der Waals surface area (Å²) in [6.07, 6.45) is 1.22. The first-order valence-electron chi connectivity index (χ1n) is 8.81. The predicted molar refractivity (Wildman–Crippen MR) is 107 cm³/mol. The monoisotopic (exact) mass is 400 g/mol. The number of benzene rings is 1. The summed E-state index contributed by atoms with van der Waals surface area (Å²) >= 11 is 0. The molecule has 0 aliphatic rings. The van der Waals surface area contributed by atoms with Gasteiger partial charge in [-0.25, -0.2) is 14.4 Å². The third-order valence-electron chi connectivity index (χ3n) is 4.67. The van der Waals surface area contributed by atoms with E-state index in [9.17, 15) is 19.5 Å².